The van der Waals surface area contributed by atoms with Crippen molar-refractivity contribution in [1.29, 1.82) is 0 Å². The third kappa shape index (κ3) is 4.54. The van der Waals surface area contributed by atoms with E-state index in [1.54, 1.807) is 47.7 Å². The van der Waals surface area contributed by atoms with Gasteiger partial charge in [-0.05, 0) is 43.2 Å². The van der Waals surface area contributed by atoms with Gasteiger partial charge in [-0.25, -0.2) is 18.4 Å². The lowest BCUT2D eigenvalue weighted by molar-refractivity contribution is 0.0746. The monoisotopic (exact) mass is 499 g/mol. The predicted molar refractivity (Wildman–Crippen MR) is 134 cm³/mol. The first-order valence-corrected chi connectivity index (χ1v) is 14.0. The van der Waals surface area contributed by atoms with Gasteiger partial charge in [0.05, 0.1) is 4.90 Å². The summed E-state index contributed by atoms with van der Waals surface area (Å²) in [4.78, 5) is 27.3. The lowest BCUT2D eigenvalue weighted by atomic mass is 9.96. The van der Waals surface area contributed by atoms with Crippen molar-refractivity contribution in [3.05, 3.63) is 48.2 Å². The number of nitrogens with zero attached hydrogens (tertiary/aromatic N) is 5. The molecule has 8 nitrogen and oxygen atoms in total. The zero-order chi connectivity index (χ0) is 23.7. The molecule has 5 rings (SSSR count). The van der Waals surface area contributed by atoms with Crippen molar-refractivity contribution < 1.29 is 13.2 Å². The largest absolute Gasteiger partial charge is 0.344 e. The van der Waals surface area contributed by atoms with Crippen molar-refractivity contribution in [2.75, 3.05) is 38.1 Å². The van der Waals surface area contributed by atoms with E-state index in [1.165, 1.54) is 10.4 Å². The van der Waals surface area contributed by atoms with Crippen molar-refractivity contribution in [2.24, 2.45) is 0 Å². The molecule has 3 aromatic rings. The Morgan fingerprint density at radius 2 is 1.82 bits per heavy atom. The summed E-state index contributed by atoms with van der Waals surface area (Å²) in [6.07, 6.45) is 6.83. The number of carbonyl (C=O) groups is 1. The second-order valence-electron chi connectivity index (χ2n) is 8.94. The molecule has 0 spiro atoms. The van der Waals surface area contributed by atoms with E-state index in [4.69, 9.17) is 0 Å². The Labute approximate surface area is 204 Å². The number of rotatable bonds is 5. The van der Waals surface area contributed by atoms with Gasteiger partial charge in [0.15, 0.2) is 5.13 Å². The van der Waals surface area contributed by atoms with Gasteiger partial charge in [0.1, 0.15) is 10.3 Å². The van der Waals surface area contributed by atoms with Crippen LogP contribution in [0.1, 0.15) is 42.5 Å². The highest BCUT2D eigenvalue weighted by Crippen LogP contribution is 2.29. The minimum absolute atomic E-state index is 0.0314. The molecule has 1 saturated heterocycles. The molecule has 0 N–H and O–H groups in total. The fourth-order valence-corrected chi connectivity index (χ4v) is 7.20. The highest BCUT2D eigenvalue weighted by atomic mass is 32.2. The Morgan fingerprint density at radius 3 is 2.56 bits per heavy atom. The summed E-state index contributed by atoms with van der Waals surface area (Å²) in [6.45, 7) is 2.46. The number of piperazine rings is 1. The maximum Gasteiger partial charge on any atom is 0.254 e. The molecule has 1 aliphatic heterocycles. The van der Waals surface area contributed by atoms with E-state index >= 15 is 0 Å². The molecule has 3 heterocycles. The van der Waals surface area contributed by atoms with Crippen LogP contribution in [-0.4, -0.2) is 72.8 Å². The molecule has 1 aliphatic carbocycles. The SMILES string of the molecule is CN(C1CCCCC1)S(=O)(=O)c1cccc(C(=O)N2CCN(c3nc4cccnc4s3)CC2)c1. The highest BCUT2D eigenvalue weighted by molar-refractivity contribution is 7.89. The number of sulfonamides is 1. The van der Waals surface area contributed by atoms with Gasteiger partial charge in [-0.2, -0.15) is 4.31 Å². The van der Waals surface area contributed by atoms with Crippen LogP contribution in [0.2, 0.25) is 0 Å². The number of benzene rings is 1. The number of fused-ring (bicyclic) bond motifs is 1. The van der Waals surface area contributed by atoms with E-state index in [-0.39, 0.29) is 16.8 Å². The quantitative estimate of drug-likeness (QED) is 0.533. The molecule has 10 heteroatoms. The van der Waals surface area contributed by atoms with Crippen LogP contribution in [0.4, 0.5) is 5.13 Å². The third-order valence-corrected chi connectivity index (χ3v) is 9.79. The number of hydrogen-bond acceptors (Lipinski definition) is 7. The topological polar surface area (TPSA) is 86.7 Å². The van der Waals surface area contributed by atoms with Crippen LogP contribution in [0.3, 0.4) is 0 Å². The number of carbonyl (C=O) groups excluding carboxylic acids is 1. The van der Waals surface area contributed by atoms with E-state index in [2.05, 4.69) is 14.9 Å². The summed E-state index contributed by atoms with van der Waals surface area (Å²) in [7, 11) is -1.98. The van der Waals surface area contributed by atoms with Gasteiger partial charge in [0.2, 0.25) is 10.0 Å². The van der Waals surface area contributed by atoms with Crippen molar-refractivity contribution >= 4 is 42.7 Å². The van der Waals surface area contributed by atoms with Crippen LogP contribution >= 0.6 is 11.3 Å². The van der Waals surface area contributed by atoms with Gasteiger partial charge < -0.3 is 9.80 Å². The normalized spacial score (nSPS) is 18.1. The fraction of sp³-hybridized carbons (Fsp3) is 0.458. The maximum absolute atomic E-state index is 13.2. The Morgan fingerprint density at radius 1 is 1.06 bits per heavy atom. The molecule has 180 valence electrons. The zero-order valence-electron chi connectivity index (χ0n) is 19.3. The molecular formula is C24H29N5O3S2. The molecule has 2 aromatic heterocycles. The average molecular weight is 500 g/mol. The molecule has 2 fully saturated rings. The van der Waals surface area contributed by atoms with Gasteiger partial charge >= 0.3 is 0 Å². The fourth-order valence-electron chi connectivity index (χ4n) is 4.77. The second-order valence-corrected chi connectivity index (χ2v) is 11.9. The summed E-state index contributed by atoms with van der Waals surface area (Å²) in [5.41, 5.74) is 1.30. The molecular weight excluding hydrogens is 470 g/mol. The van der Waals surface area contributed by atoms with Gasteiger partial charge in [0.25, 0.3) is 5.91 Å². The van der Waals surface area contributed by atoms with E-state index in [0.717, 1.165) is 47.6 Å². The van der Waals surface area contributed by atoms with Crippen molar-refractivity contribution in [1.82, 2.24) is 19.2 Å². The van der Waals surface area contributed by atoms with E-state index in [1.807, 2.05) is 12.1 Å². The highest BCUT2D eigenvalue weighted by Gasteiger charge is 2.30. The van der Waals surface area contributed by atoms with Gasteiger partial charge in [-0.1, -0.05) is 36.7 Å². The minimum atomic E-state index is -3.64. The first-order valence-electron chi connectivity index (χ1n) is 11.8. The second kappa shape index (κ2) is 9.59. The maximum atomic E-state index is 13.2. The molecule has 1 saturated carbocycles. The number of amides is 1. The molecule has 0 unspecified atom stereocenters. The zero-order valence-corrected chi connectivity index (χ0v) is 20.9. The first kappa shape index (κ1) is 23.2. The summed E-state index contributed by atoms with van der Waals surface area (Å²) >= 11 is 1.56. The van der Waals surface area contributed by atoms with E-state index in [9.17, 15) is 13.2 Å². The van der Waals surface area contributed by atoms with Crippen LogP contribution in [0.15, 0.2) is 47.5 Å². The Hall–Kier alpha value is -2.56. The smallest absolute Gasteiger partial charge is 0.254 e. The number of thiazole rings is 1. The number of hydrogen-bond donors (Lipinski definition) is 0. The van der Waals surface area contributed by atoms with E-state index in [0.29, 0.717) is 31.7 Å². The van der Waals surface area contributed by atoms with Crippen molar-refractivity contribution in [3.63, 3.8) is 0 Å². The molecule has 0 bridgehead atoms. The van der Waals surface area contributed by atoms with Crippen molar-refractivity contribution in [2.45, 2.75) is 43.0 Å². The number of aromatic nitrogens is 2. The molecule has 0 radical (unpaired) electrons. The summed E-state index contributed by atoms with van der Waals surface area (Å²) in [5, 5.41) is 0.916. The van der Waals surface area contributed by atoms with Crippen molar-refractivity contribution in [3.8, 4) is 0 Å². The van der Waals surface area contributed by atoms with Crippen LogP contribution in [0.5, 0.6) is 0 Å². The number of pyridine rings is 1. The lowest BCUT2D eigenvalue weighted by Gasteiger charge is -2.34. The van der Waals surface area contributed by atoms with Crippen LogP contribution in [0.25, 0.3) is 10.3 Å². The number of anilines is 1. The molecule has 34 heavy (non-hydrogen) atoms. The van der Waals surface area contributed by atoms with E-state index < -0.39 is 10.0 Å². The van der Waals surface area contributed by atoms with Crippen LogP contribution < -0.4 is 4.90 Å². The van der Waals surface area contributed by atoms with Crippen LogP contribution in [0, 0.1) is 0 Å². The summed E-state index contributed by atoms with van der Waals surface area (Å²) < 4.78 is 28.0. The molecule has 1 aromatic carbocycles. The lowest BCUT2D eigenvalue weighted by Crippen LogP contribution is -2.48. The summed E-state index contributed by atoms with van der Waals surface area (Å²) in [6, 6.07) is 10.3. The minimum Gasteiger partial charge on any atom is -0.344 e. The average Bonchev–Trinajstić information content (AvgIpc) is 3.33. The Kier molecular flexibility index (Phi) is 6.54. The molecule has 1 amide bonds. The predicted octanol–water partition coefficient (Wildman–Crippen LogP) is 3.61. The molecule has 0 atom stereocenters. The third-order valence-electron chi connectivity index (χ3n) is 6.84. The Balaban J connectivity index is 1.27. The van der Waals surface area contributed by atoms with Gasteiger partial charge in [-0.15, -0.1) is 0 Å². The molecule has 2 aliphatic rings. The first-order chi connectivity index (χ1) is 16.4. The van der Waals surface area contributed by atoms with Crippen LogP contribution in [-0.2, 0) is 10.0 Å². The Bertz CT molecular complexity index is 1250. The summed E-state index contributed by atoms with van der Waals surface area (Å²) in [5.74, 6) is -0.136. The standard InChI is InChI=1S/C24H29N5O3S2/c1-27(19-8-3-2-4-9-19)34(31,32)20-10-5-7-18(17-20)23(30)28-13-15-29(16-14-28)24-26-21-11-6-12-25-22(21)33-24/h5-7,10-12,17,19H,2-4,8-9,13-16H2,1H3. The van der Waals surface area contributed by atoms with Gasteiger partial charge in [-0.3, -0.25) is 4.79 Å². The van der Waals surface area contributed by atoms with Gasteiger partial charge in [0, 0.05) is 51.0 Å².